The third-order valence-electron chi connectivity index (χ3n) is 4.71. The fraction of sp³-hybridized carbons (Fsp3) is 0.280. The van der Waals surface area contributed by atoms with Crippen molar-refractivity contribution >= 4 is 11.6 Å². The van der Waals surface area contributed by atoms with Crippen LogP contribution in [-0.4, -0.2) is 13.2 Å². The minimum Gasteiger partial charge on any atom is -0.492 e. The van der Waals surface area contributed by atoms with Gasteiger partial charge in [0.05, 0.1) is 24.8 Å². The molecule has 0 aliphatic heterocycles. The van der Waals surface area contributed by atoms with Crippen LogP contribution in [0.4, 0.5) is 4.39 Å². The van der Waals surface area contributed by atoms with Crippen LogP contribution in [0.3, 0.4) is 0 Å². The second-order valence-corrected chi connectivity index (χ2v) is 8.04. The summed E-state index contributed by atoms with van der Waals surface area (Å²) in [6.45, 7) is 7.65. The highest BCUT2D eigenvalue weighted by atomic mass is 35.5. The van der Waals surface area contributed by atoms with Gasteiger partial charge in [0.25, 0.3) is 0 Å². The molecule has 0 bridgehead atoms. The lowest BCUT2D eigenvalue weighted by Crippen LogP contribution is -2.24. The average Bonchev–Trinajstić information content (AvgIpc) is 2.71. The first-order valence-corrected chi connectivity index (χ1v) is 10.3. The molecule has 0 spiro atoms. The standard InChI is InChI=1S/C25H26ClFO3/c1-4-29-23-13-12-19(15-21(23)26)25(2,3)17-28-16-18-8-7-9-20(14-18)30-24-11-6-5-10-22(24)27/h5-15H,4,16-17H2,1-3H3. The van der Waals surface area contributed by atoms with Crippen LogP contribution in [0.25, 0.3) is 0 Å². The highest BCUT2D eigenvalue weighted by Crippen LogP contribution is 2.32. The maximum atomic E-state index is 13.8. The molecule has 0 aromatic heterocycles. The second-order valence-electron chi connectivity index (χ2n) is 7.63. The summed E-state index contributed by atoms with van der Waals surface area (Å²) < 4.78 is 30.9. The summed E-state index contributed by atoms with van der Waals surface area (Å²) >= 11 is 6.33. The largest absolute Gasteiger partial charge is 0.492 e. The van der Waals surface area contributed by atoms with Gasteiger partial charge in [0.2, 0.25) is 0 Å². The number of hydrogen-bond donors (Lipinski definition) is 0. The Hall–Kier alpha value is -2.56. The Morgan fingerprint density at radius 3 is 2.47 bits per heavy atom. The lowest BCUT2D eigenvalue weighted by Gasteiger charge is -2.26. The van der Waals surface area contributed by atoms with Crippen LogP contribution in [0.1, 0.15) is 31.9 Å². The Morgan fingerprint density at radius 2 is 1.73 bits per heavy atom. The van der Waals surface area contributed by atoms with Gasteiger partial charge in [-0.1, -0.05) is 55.8 Å². The topological polar surface area (TPSA) is 27.7 Å². The smallest absolute Gasteiger partial charge is 0.165 e. The number of para-hydroxylation sites is 1. The molecule has 5 heteroatoms. The van der Waals surface area contributed by atoms with Gasteiger partial charge in [0, 0.05) is 5.41 Å². The molecular weight excluding hydrogens is 403 g/mol. The van der Waals surface area contributed by atoms with Gasteiger partial charge in [-0.25, -0.2) is 4.39 Å². The molecule has 0 radical (unpaired) electrons. The summed E-state index contributed by atoms with van der Waals surface area (Å²) in [4.78, 5) is 0. The molecule has 0 saturated carbocycles. The fourth-order valence-electron chi connectivity index (χ4n) is 3.05. The molecule has 0 N–H and O–H groups in total. The third kappa shape index (κ3) is 5.74. The van der Waals surface area contributed by atoms with Crippen LogP contribution < -0.4 is 9.47 Å². The molecule has 0 saturated heterocycles. The highest BCUT2D eigenvalue weighted by Gasteiger charge is 2.22. The summed E-state index contributed by atoms with van der Waals surface area (Å²) in [5.41, 5.74) is 1.80. The molecule has 30 heavy (non-hydrogen) atoms. The molecule has 0 aliphatic rings. The van der Waals surface area contributed by atoms with Crippen LogP contribution >= 0.6 is 11.6 Å². The van der Waals surface area contributed by atoms with Crippen molar-refractivity contribution < 1.29 is 18.6 Å². The van der Waals surface area contributed by atoms with E-state index in [1.165, 1.54) is 6.07 Å². The van der Waals surface area contributed by atoms with Crippen molar-refractivity contribution in [1.29, 1.82) is 0 Å². The van der Waals surface area contributed by atoms with Crippen molar-refractivity contribution in [3.05, 3.63) is 88.7 Å². The fourth-order valence-corrected chi connectivity index (χ4v) is 3.29. The molecule has 0 fully saturated rings. The molecular formula is C25H26ClFO3. The molecule has 0 aliphatic carbocycles. The SMILES string of the molecule is CCOc1ccc(C(C)(C)COCc2cccc(Oc3ccccc3F)c2)cc1Cl. The molecule has 3 aromatic carbocycles. The van der Waals surface area contributed by atoms with Gasteiger partial charge in [0.1, 0.15) is 11.5 Å². The summed E-state index contributed by atoms with van der Waals surface area (Å²) in [5, 5.41) is 0.598. The molecule has 158 valence electrons. The Bertz CT molecular complexity index is 988. The predicted octanol–water partition coefficient (Wildman–Crippen LogP) is 7.16. The van der Waals surface area contributed by atoms with Gasteiger partial charge in [-0.3, -0.25) is 0 Å². The number of halogens is 2. The van der Waals surface area contributed by atoms with Crippen molar-refractivity contribution in [3.8, 4) is 17.2 Å². The van der Waals surface area contributed by atoms with Gasteiger partial charge < -0.3 is 14.2 Å². The zero-order valence-corrected chi connectivity index (χ0v) is 18.2. The van der Waals surface area contributed by atoms with Crippen molar-refractivity contribution in [3.63, 3.8) is 0 Å². The van der Waals surface area contributed by atoms with E-state index in [2.05, 4.69) is 13.8 Å². The number of benzene rings is 3. The van der Waals surface area contributed by atoms with E-state index in [0.29, 0.717) is 36.3 Å². The maximum Gasteiger partial charge on any atom is 0.165 e. The molecule has 0 amide bonds. The molecule has 3 aromatic rings. The van der Waals surface area contributed by atoms with Crippen LogP contribution in [0, 0.1) is 5.82 Å². The van der Waals surface area contributed by atoms with Crippen molar-refractivity contribution in [2.75, 3.05) is 13.2 Å². The van der Waals surface area contributed by atoms with E-state index < -0.39 is 5.82 Å². The van der Waals surface area contributed by atoms with E-state index >= 15 is 0 Å². The van der Waals surface area contributed by atoms with Gasteiger partial charge in [-0.15, -0.1) is 0 Å². The first kappa shape index (κ1) is 22.1. The van der Waals surface area contributed by atoms with Crippen LogP contribution in [0.2, 0.25) is 5.02 Å². The highest BCUT2D eigenvalue weighted by molar-refractivity contribution is 6.32. The summed E-state index contributed by atoms with van der Waals surface area (Å²) in [6.07, 6.45) is 0. The second kappa shape index (κ2) is 9.96. The quantitative estimate of drug-likeness (QED) is 0.361. The molecule has 3 nitrogen and oxygen atoms in total. The monoisotopic (exact) mass is 428 g/mol. The third-order valence-corrected chi connectivity index (χ3v) is 5.00. The van der Waals surface area contributed by atoms with E-state index in [-0.39, 0.29) is 11.2 Å². The molecule has 0 heterocycles. The Labute approximate surface area is 182 Å². The minimum atomic E-state index is -0.394. The first-order valence-electron chi connectivity index (χ1n) is 9.91. The van der Waals surface area contributed by atoms with Crippen molar-refractivity contribution in [2.45, 2.75) is 32.8 Å². The summed E-state index contributed by atoms with van der Waals surface area (Å²) in [6, 6.07) is 19.7. The molecule has 0 atom stereocenters. The Morgan fingerprint density at radius 1 is 0.933 bits per heavy atom. The maximum absolute atomic E-state index is 13.8. The van der Waals surface area contributed by atoms with E-state index in [1.54, 1.807) is 24.3 Å². The summed E-state index contributed by atoms with van der Waals surface area (Å²) in [7, 11) is 0. The van der Waals surface area contributed by atoms with E-state index in [0.717, 1.165) is 11.1 Å². The van der Waals surface area contributed by atoms with Crippen molar-refractivity contribution in [2.24, 2.45) is 0 Å². The van der Waals surface area contributed by atoms with E-state index in [4.69, 9.17) is 25.8 Å². The van der Waals surface area contributed by atoms with Crippen LogP contribution in [0.5, 0.6) is 17.2 Å². The first-order chi connectivity index (χ1) is 14.4. The van der Waals surface area contributed by atoms with Crippen LogP contribution in [-0.2, 0) is 16.8 Å². The molecule has 3 rings (SSSR count). The minimum absolute atomic E-state index is 0.198. The normalized spacial score (nSPS) is 11.4. The average molecular weight is 429 g/mol. The predicted molar refractivity (Wildman–Crippen MR) is 118 cm³/mol. The van der Waals surface area contributed by atoms with Crippen molar-refractivity contribution in [1.82, 2.24) is 0 Å². The van der Waals surface area contributed by atoms with E-state index in [9.17, 15) is 4.39 Å². The Balaban J connectivity index is 1.60. The van der Waals surface area contributed by atoms with Gasteiger partial charge >= 0.3 is 0 Å². The van der Waals surface area contributed by atoms with Gasteiger partial charge in [-0.2, -0.15) is 0 Å². The number of hydrogen-bond acceptors (Lipinski definition) is 3. The molecule has 0 unspecified atom stereocenters. The zero-order valence-electron chi connectivity index (χ0n) is 17.5. The van der Waals surface area contributed by atoms with E-state index in [1.807, 2.05) is 43.3 Å². The number of rotatable bonds is 9. The van der Waals surface area contributed by atoms with Gasteiger partial charge in [0.15, 0.2) is 11.6 Å². The lowest BCUT2D eigenvalue weighted by atomic mass is 9.85. The number of ether oxygens (including phenoxy) is 3. The Kier molecular flexibility index (Phi) is 7.35. The van der Waals surface area contributed by atoms with Crippen LogP contribution in [0.15, 0.2) is 66.7 Å². The lowest BCUT2D eigenvalue weighted by molar-refractivity contribution is 0.0824. The zero-order chi connectivity index (χ0) is 21.6. The van der Waals surface area contributed by atoms with Gasteiger partial charge in [-0.05, 0) is 54.4 Å². The summed E-state index contributed by atoms with van der Waals surface area (Å²) in [5.74, 6) is 1.06.